The Morgan fingerprint density at radius 1 is 1.03 bits per heavy atom. The largest absolute Gasteiger partial charge is 0.492 e. The monoisotopic (exact) mass is 451 g/mol. The molecule has 12 heteroatoms. The van der Waals surface area contributed by atoms with Gasteiger partial charge in [-0.05, 0) is 31.2 Å². The summed E-state index contributed by atoms with van der Waals surface area (Å²) >= 11 is 0. The molecule has 1 heterocycles. The van der Waals surface area contributed by atoms with Crippen molar-refractivity contribution in [2.75, 3.05) is 26.4 Å². The summed E-state index contributed by atoms with van der Waals surface area (Å²) in [6.07, 6.45) is 0. The molecule has 0 bridgehead atoms. The maximum atomic E-state index is 12.4. The predicted molar refractivity (Wildman–Crippen MR) is 109 cm³/mol. The first kappa shape index (κ1) is 23.9. The molecule has 1 N–H and O–H groups in total. The molecule has 0 amide bonds. The number of nitrogens with one attached hydrogen (secondary N) is 1. The van der Waals surface area contributed by atoms with Gasteiger partial charge in [-0.2, -0.15) is 0 Å². The van der Waals surface area contributed by atoms with Crippen LogP contribution in [-0.2, 0) is 19.5 Å². The molecular formula is C19H21N3O8S. The zero-order chi connectivity index (χ0) is 22.9. The van der Waals surface area contributed by atoms with Crippen LogP contribution in [0.25, 0.3) is 0 Å². The predicted octanol–water partition coefficient (Wildman–Crippen LogP) is 2.19. The summed E-state index contributed by atoms with van der Waals surface area (Å²) in [5.41, 5.74) is -0.536. The average Bonchev–Trinajstić information content (AvgIpc) is 2.77. The molecule has 0 unspecified atom stereocenters. The number of nitrogens with zero attached hydrogens (tertiary/aromatic N) is 2. The molecule has 2 rings (SSSR count). The second kappa shape index (κ2) is 11.1. The van der Waals surface area contributed by atoms with E-state index in [0.717, 1.165) is 0 Å². The summed E-state index contributed by atoms with van der Waals surface area (Å²) in [4.78, 5) is 38.4. The molecule has 0 aliphatic rings. The molecule has 0 aliphatic heterocycles. The number of hydrogen-bond donors (Lipinski definition) is 1. The Kier molecular flexibility index (Phi) is 8.58. The van der Waals surface area contributed by atoms with Crippen LogP contribution in [0, 0.1) is 4.91 Å². The number of nitroso groups, excluding NO2 is 1. The lowest BCUT2D eigenvalue weighted by Crippen LogP contribution is -2.28. The molecule has 0 saturated heterocycles. The number of hydrogen-bond acceptors (Lipinski definition) is 10. The minimum absolute atomic E-state index is 0.0928. The van der Waals surface area contributed by atoms with Crippen LogP contribution in [-0.4, -0.2) is 51.7 Å². The molecule has 1 aromatic carbocycles. The molecule has 11 nitrogen and oxygen atoms in total. The average molecular weight is 451 g/mol. The summed E-state index contributed by atoms with van der Waals surface area (Å²) in [6, 6.07) is 8.01. The van der Waals surface area contributed by atoms with Gasteiger partial charge in [-0.15, -0.1) is 4.91 Å². The second-order valence-electron chi connectivity index (χ2n) is 5.82. The van der Waals surface area contributed by atoms with Gasteiger partial charge in [-0.25, -0.2) is 27.7 Å². The molecule has 31 heavy (non-hydrogen) atoms. The van der Waals surface area contributed by atoms with Crippen LogP contribution in [0.4, 0.5) is 5.69 Å². The summed E-state index contributed by atoms with van der Waals surface area (Å²) < 4.78 is 42.2. The Labute approximate surface area is 178 Å². The highest BCUT2D eigenvalue weighted by Gasteiger charge is 2.19. The Morgan fingerprint density at radius 2 is 1.61 bits per heavy atom. The van der Waals surface area contributed by atoms with Crippen molar-refractivity contribution in [1.29, 1.82) is 0 Å². The number of ether oxygens (including phenoxy) is 3. The van der Waals surface area contributed by atoms with Crippen molar-refractivity contribution in [3.8, 4) is 5.75 Å². The van der Waals surface area contributed by atoms with E-state index in [-0.39, 0.29) is 54.1 Å². The number of esters is 2. The fourth-order valence-corrected chi connectivity index (χ4v) is 3.54. The maximum Gasteiger partial charge on any atom is 0.357 e. The summed E-state index contributed by atoms with van der Waals surface area (Å²) in [7, 11) is -4.00. The molecule has 0 atom stereocenters. The van der Waals surface area contributed by atoms with Crippen LogP contribution in [0.5, 0.6) is 5.75 Å². The van der Waals surface area contributed by atoms with Crippen LogP contribution >= 0.6 is 0 Å². The summed E-state index contributed by atoms with van der Waals surface area (Å²) in [6.45, 7) is 3.15. The highest BCUT2D eigenvalue weighted by Crippen LogP contribution is 2.23. The quantitative estimate of drug-likeness (QED) is 0.308. The first-order valence-corrected chi connectivity index (χ1v) is 10.7. The smallest absolute Gasteiger partial charge is 0.357 e. The lowest BCUT2D eigenvalue weighted by atomic mass is 10.2. The van der Waals surface area contributed by atoms with Gasteiger partial charge in [0, 0.05) is 18.7 Å². The van der Waals surface area contributed by atoms with E-state index in [1.54, 1.807) is 13.8 Å². The number of rotatable bonds is 11. The van der Waals surface area contributed by atoms with E-state index in [2.05, 4.69) is 14.9 Å². The van der Waals surface area contributed by atoms with Gasteiger partial charge in [-0.1, -0.05) is 12.1 Å². The van der Waals surface area contributed by atoms with Crippen molar-refractivity contribution in [1.82, 2.24) is 9.71 Å². The Hall–Kier alpha value is -3.38. The molecule has 1 aromatic heterocycles. The lowest BCUT2D eigenvalue weighted by molar-refractivity contribution is 0.0510. The summed E-state index contributed by atoms with van der Waals surface area (Å²) in [5, 5.41) is 2.70. The highest BCUT2D eigenvalue weighted by molar-refractivity contribution is 7.89. The third-order valence-electron chi connectivity index (χ3n) is 3.68. The van der Waals surface area contributed by atoms with Gasteiger partial charge in [0.05, 0.1) is 13.2 Å². The number of sulfonamides is 1. The Morgan fingerprint density at radius 3 is 2.16 bits per heavy atom. The van der Waals surface area contributed by atoms with E-state index in [9.17, 15) is 22.9 Å². The SMILES string of the molecule is CCOC(=O)c1cc(OCCNS(=O)(=O)c2ccccc2N=O)cc(C(=O)OCC)n1. The molecule has 2 aromatic rings. The molecular weight excluding hydrogens is 430 g/mol. The van der Waals surface area contributed by atoms with Crippen molar-refractivity contribution in [3.05, 3.63) is 52.7 Å². The molecule has 0 radical (unpaired) electrons. The van der Waals surface area contributed by atoms with Gasteiger partial charge in [0.15, 0.2) is 11.4 Å². The van der Waals surface area contributed by atoms with E-state index in [1.165, 1.54) is 36.4 Å². The van der Waals surface area contributed by atoms with E-state index in [4.69, 9.17) is 14.2 Å². The van der Waals surface area contributed by atoms with Crippen LogP contribution in [0.15, 0.2) is 46.5 Å². The van der Waals surface area contributed by atoms with Crippen LogP contribution in [0.1, 0.15) is 34.8 Å². The third-order valence-corrected chi connectivity index (χ3v) is 5.19. The number of aromatic nitrogens is 1. The molecule has 0 saturated carbocycles. The first-order chi connectivity index (χ1) is 14.8. The first-order valence-electron chi connectivity index (χ1n) is 9.23. The van der Waals surface area contributed by atoms with Crippen LogP contribution < -0.4 is 9.46 Å². The van der Waals surface area contributed by atoms with Crippen molar-refractivity contribution in [3.63, 3.8) is 0 Å². The fraction of sp³-hybridized carbons (Fsp3) is 0.316. The maximum absolute atomic E-state index is 12.4. The Balaban J connectivity index is 2.10. The van der Waals surface area contributed by atoms with Gasteiger partial charge >= 0.3 is 11.9 Å². The van der Waals surface area contributed by atoms with E-state index in [0.29, 0.717) is 0 Å². The van der Waals surface area contributed by atoms with E-state index in [1.807, 2.05) is 0 Å². The van der Waals surface area contributed by atoms with Crippen molar-refractivity contribution in [2.45, 2.75) is 18.7 Å². The standard InChI is InChI=1S/C19H21N3O8S/c1-3-28-18(23)15-11-13(12-16(21-15)19(24)29-4-2)30-10-9-20-31(26,27)17-8-6-5-7-14(17)22-25/h5-8,11-12,20H,3-4,9-10H2,1-2H3. The van der Waals surface area contributed by atoms with Crippen LogP contribution in [0.2, 0.25) is 0 Å². The molecule has 0 fully saturated rings. The normalized spacial score (nSPS) is 10.9. The fourth-order valence-electron chi connectivity index (χ4n) is 2.39. The third kappa shape index (κ3) is 6.55. The van der Waals surface area contributed by atoms with Gasteiger partial charge in [0.25, 0.3) is 0 Å². The van der Waals surface area contributed by atoms with Gasteiger partial charge in [0.1, 0.15) is 22.9 Å². The number of pyridine rings is 1. The highest BCUT2D eigenvalue weighted by atomic mass is 32.2. The number of benzene rings is 1. The number of carbonyl (C=O) groups excluding carboxylic acids is 2. The van der Waals surface area contributed by atoms with E-state index >= 15 is 0 Å². The second-order valence-corrected chi connectivity index (χ2v) is 7.55. The number of carbonyl (C=O) groups is 2. The van der Waals surface area contributed by atoms with Crippen molar-refractivity contribution in [2.24, 2.45) is 5.18 Å². The minimum Gasteiger partial charge on any atom is -0.492 e. The zero-order valence-electron chi connectivity index (χ0n) is 16.9. The zero-order valence-corrected chi connectivity index (χ0v) is 17.7. The van der Waals surface area contributed by atoms with Crippen molar-refractivity contribution < 1.29 is 32.2 Å². The molecule has 0 aliphatic carbocycles. The van der Waals surface area contributed by atoms with Crippen LogP contribution in [0.3, 0.4) is 0 Å². The topological polar surface area (TPSA) is 150 Å². The van der Waals surface area contributed by atoms with E-state index < -0.39 is 22.0 Å². The minimum atomic E-state index is -4.00. The van der Waals surface area contributed by atoms with Crippen molar-refractivity contribution >= 4 is 27.6 Å². The molecule has 0 spiro atoms. The van der Waals surface area contributed by atoms with Gasteiger partial charge in [-0.3, -0.25) is 0 Å². The Bertz CT molecular complexity index is 1020. The van der Waals surface area contributed by atoms with Gasteiger partial charge in [0.2, 0.25) is 10.0 Å². The summed E-state index contributed by atoms with van der Waals surface area (Å²) in [5.74, 6) is -1.41. The lowest BCUT2D eigenvalue weighted by Gasteiger charge is -2.11. The van der Waals surface area contributed by atoms with Gasteiger partial charge < -0.3 is 14.2 Å². The molecule has 166 valence electrons.